The van der Waals surface area contributed by atoms with Gasteiger partial charge < -0.3 is 15.3 Å². The average Bonchev–Trinajstić information content (AvgIpc) is 2.63. The van der Waals surface area contributed by atoms with Crippen LogP contribution in [0.2, 0.25) is 0 Å². The standard InChI is InChI=1S/C14H26N2O3/c1-2-12-6-5-10-16(11-8-12)14(19)15-9-4-3-7-13(17)18/h12H,2-11H2,1H3,(H,15,19)(H,17,18). The fourth-order valence-corrected chi connectivity index (χ4v) is 2.49. The van der Waals surface area contributed by atoms with Gasteiger partial charge in [0.05, 0.1) is 0 Å². The van der Waals surface area contributed by atoms with Crippen LogP contribution in [-0.2, 0) is 4.79 Å². The number of nitrogens with one attached hydrogen (secondary N) is 1. The number of carboxylic acids is 1. The molecule has 2 amide bonds. The van der Waals surface area contributed by atoms with Crippen molar-refractivity contribution in [3.05, 3.63) is 0 Å². The number of hydrogen-bond acceptors (Lipinski definition) is 2. The predicted molar refractivity (Wildman–Crippen MR) is 74.1 cm³/mol. The second-order valence-corrected chi connectivity index (χ2v) is 5.28. The van der Waals surface area contributed by atoms with Gasteiger partial charge in [-0.3, -0.25) is 4.79 Å². The van der Waals surface area contributed by atoms with Gasteiger partial charge in [-0.15, -0.1) is 0 Å². The molecule has 1 aliphatic heterocycles. The van der Waals surface area contributed by atoms with Gasteiger partial charge in [0, 0.05) is 26.1 Å². The second-order valence-electron chi connectivity index (χ2n) is 5.28. The zero-order valence-electron chi connectivity index (χ0n) is 11.9. The van der Waals surface area contributed by atoms with Crippen LogP contribution in [0, 0.1) is 5.92 Å². The largest absolute Gasteiger partial charge is 0.481 e. The first kappa shape index (κ1) is 15.8. The van der Waals surface area contributed by atoms with Crippen LogP contribution >= 0.6 is 0 Å². The molecule has 1 atom stereocenters. The molecule has 19 heavy (non-hydrogen) atoms. The Morgan fingerprint density at radius 3 is 2.74 bits per heavy atom. The fourth-order valence-electron chi connectivity index (χ4n) is 2.49. The van der Waals surface area contributed by atoms with E-state index in [4.69, 9.17) is 5.11 Å². The third-order valence-corrected chi connectivity index (χ3v) is 3.81. The molecule has 0 radical (unpaired) electrons. The predicted octanol–water partition coefficient (Wildman–Crippen LogP) is 2.46. The first-order valence-electron chi connectivity index (χ1n) is 7.38. The lowest BCUT2D eigenvalue weighted by Crippen LogP contribution is -2.40. The molecule has 1 saturated heterocycles. The van der Waals surface area contributed by atoms with Gasteiger partial charge in [0.1, 0.15) is 0 Å². The molecule has 0 aromatic carbocycles. The highest BCUT2D eigenvalue weighted by atomic mass is 16.4. The molecular weight excluding hydrogens is 244 g/mol. The van der Waals surface area contributed by atoms with Crippen LogP contribution < -0.4 is 5.32 Å². The Balaban J connectivity index is 2.16. The SMILES string of the molecule is CCC1CCCN(C(=O)NCCCCC(=O)O)CC1. The number of nitrogens with zero attached hydrogens (tertiary/aromatic N) is 1. The smallest absolute Gasteiger partial charge is 0.317 e. The summed E-state index contributed by atoms with van der Waals surface area (Å²) >= 11 is 0. The normalized spacial score (nSPS) is 19.8. The van der Waals surface area contributed by atoms with Crippen LogP contribution in [-0.4, -0.2) is 41.6 Å². The lowest BCUT2D eigenvalue weighted by molar-refractivity contribution is -0.137. The molecule has 0 aliphatic carbocycles. The van der Waals surface area contributed by atoms with Gasteiger partial charge in [-0.25, -0.2) is 4.79 Å². The van der Waals surface area contributed by atoms with Crippen molar-refractivity contribution in [3.8, 4) is 0 Å². The van der Waals surface area contributed by atoms with Crippen LogP contribution in [0.15, 0.2) is 0 Å². The number of carboxylic acid groups (broad SMARTS) is 1. The van der Waals surface area contributed by atoms with E-state index in [0.717, 1.165) is 38.3 Å². The third-order valence-electron chi connectivity index (χ3n) is 3.81. The minimum atomic E-state index is -0.774. The minimum absolute atomic E-state index is 0.00655. The van der Waals surface area contributed by atoms with Crippen molar-refractivity contribution in [2.24, 2.45) is 5.92 Å². The number of hydrogen-bond donors (Lipinski definition) is 2. The van der Waals surface area contributed by atoms with Crippen LogP contribution in [0.25, 0.3) is 0 Å². The summed E-state index contributed by atoms with van der Waals surface area (Å²) in [6, 6.07) is 0.00655. The molecule has 1 fully saturated rings. The van der Waals surface area contributed by atoms with Gasteiger partial charge in [0.25, 0.3) is 0 Å². The van der Waals surface area contributed by atoms with Crippen LogP contribution in [0.3, 0.4) is 0 Å². The average molecular weight is 270 g/mol. The minimum Gasteiger partial charge on any atom is -0.481 e. The summed E-state index contributed by atoms with van der Waals surface area (Å²) in [7, 11) is 0. The van der Waals surface area contributed by atoms with E-state index in [1.807, 2.05) is 4.90 Å². The maximum Gasteiger partial charge on any atom is 0.317 e. The zero-order valence-corrected chi connectivity index (χ0v) is 11.9. The molecule has 0 aromatic heterocycles. The van der Waals surface area contributed by atoms with Crippen molar-refractivity contribution in [1.82, 2.24) is 10.2 Å². The first-order valence-corrected chi connectivity index (χ1v) is 7.38. The number of carbonyl (C=O) groups excluding carboxylic acids is 1. The molecule has 5 nitrogen and oxygen atoms in total. The topological polar surface area (TPSA) is 69.6 Å². The third kappa shape index (κ3) is 6.45. The monoisotopic (exact) mass is 270 g/mol. The number of likely N-dealkylation sites (tertiary alicyclic amines) is 1. The number of amides is 2. The maximum absolute atomic E-state index is 11.9. The zero-order chi connectivity index (χ0) is 14.1. The molecule has 1 heterocycles. The molecule has 0 aromatic rings. The summed E-state index contributed by atoms with van der Waals surface area (Å²) in [5, 5.41) is 11.4. The highest BCUT2D eigenvalue weighted by molar-refractivity contribution is 5.74. The summed E-state index contributed by atoms with van der Waals surface area (Å²) < 4.78 is 0. The summed E-state index contributed by atoms with van der Waals surface area (Å²) in [6.07, 6.45) is 6.13. The van der Waals surface area contributed by atoms with E-state index in [1.54, 1.807) is 0 Å². The molecule has 110 valence electrons. The summed E-state index contributed by atoms with van der Waals surface area (Å²) in [4.78, 5) is 24.2. The van der Waals surface area contributed by atoms with Gasteiger partial charge in [-0.1, -0.05) is 13.3 Å². The lowest BCUT2D eigenvalue weighted by atomic mass is 9.98. The number of rotatable bonds is 6. The highest BCUT2D eigenvalue weighted by Gasteiger charge is 2.19. The molecule has 5 heteroatoms. The van der Waals surface area contributed by atoms with E-state index < -0.39 is 5.97 Å². The van der Waals surface area contributed by atoms with Crippen molar-refractivity contribution in [1.29, 1.82) is 0 Å². The van der Waals surface area contributed by atoms with Crippen LogP contribution in [0.1, 0.15) is 51.9 Å². The summed E-state index contributed by atoms with van der Waals surface area (Å²) in [6.45, 7) is 4.47. The number of urea groups is 1. The number of carbonyl (C=O) groups is 2. The Bertz CT molecular complexity index is 294. The Morgan fingerprint density at radius 2 is 2.05 bits per heavy atom. The van der Waals surface area contributed by atoms with Crippen LogP contribution in [0.4, 0.5) is 4.79 Å². The fraction of sp³-hybridized carbons (Fsp3) is 0.857. The Kier molecular flexibility index (Phi) is 7.30. The number of unbranched alkanes of at least 4 members (excludes halogenated alkanes) is 1. The molecule has 1 rings (SSSR count). The molecule has 2 N–H and O–H groups in total. The molecule has 0 saturated carbocycles. The molecule has 1 aliphatic rings. The number of aliphatic carboxylic acids is 1. The lowest BCUT2D eigenvalue weighted by Gasteiger charge is -2.21. The van der Waals surface area contributed by atoms with Gasteiger partial charge in [0.15, 0.2) is 0 Å². The van der Waals surface area contributed by atoms with Crippen molar-refractivity contribution >= 4 is 12.0 Å². The molecular formula is C14H26N2O3. The van der Waals surface area contributed by atoms with E-state index in [1.165, 1.54) is 12.8 Å². The second kappa shape index (κ2) is 8.77. The Morgan fingerprint density at radius 1 is 1.26 bits per heavy atom. The van der Waals surface area contributed by atoms with Gasteiger partial charge in [-0.2, -0.15) is 0 Å². The first-order chi connectivity index (χ1) is 9.13. The van der Waals surface area contributed by atoms with Crippen molar-refractivity contribution in [2.45, 2.75) is 51.9 Å². The van der Waals surface area contributed by atoms with Gasteiger partial charge in [-0.05, 0) is 38.0 Å². The van der Waals surface area contributed by atoms with E-state index in [2.05, 4.69) is 12.2 Å². The van der Waals surface area contributed by atoms with Crippen LogP contribution in [0.5, 0.6) is 0 Å². The van der Waals surface area contributed by atoms with Crippen molar-refractivity contribution in [2.75, 3.05) is 19.6 Å². The quantitative estimate of drug-likeness (QED) is 0.728. The highest BCUT2D eigenvalue weighted by Crippen LogP contribution is 2.20. The van der Waals surface area contributed by atoms with Crippen molar-refractivity contribution < 1.29 is 14.7 Å². The van der Waals surface area contributed by atoms with E-state index in [0.29, 0.717) is 13.0 Å². The van der Waals surface area contributed by atoms with Crippen molar-refractivity contribution in [3.63, 3.8) is 0 Å². The van der Waals surface area contributed by atoms with Gasteiger partial charge >= 0.3 is 12.0 Å². The molecule has 0 bridgehead atoms. The van der Waals surface area contributed by atoms with Gasteiger partial charge in [0.2, 0.25) is 0 Å². The van der Waals surface area contributed by atoms with E-state index in [9.17, 15) is 9.59 Å². The Labute approximate surface area is 115 Å². The Hall–Kier alpha value is -1.26. The maximum atomic E-state index is 11.9. The molecule has 1 unspecified atom stereocenters. The van der Waals surface area contributed by atoms with E-state index in [-0.39, 0.29) is 12.5 Å². The summed E-state index contributed by atoms with van der Waals surface area (Å²) in [5.74, 6) is -0.0159. The van der Waals surface area contributed by atoms with E-state index >= 15 is 0 Å². The molecule has 0 spiro atoms. The summed E-state index contributed by atoms with van der Waals surface area (Å²) in [5.41, 5.74) is 0.